The van der Waals surface area contributed by atoms with Gasteiger partial charge in [0.1, 0.15) is 0 Å². The number of hydrogen-bond donors (Lipinski definition) is 1. The first-order valence-electron chi connectivity index (χ1n) is 4.93. The van der Waals surface area contributed by atoms with E-state index >= 15 is 0 Å². The van der Waals surface area contributed by atoms with E-state index in [1.54, 1.807) is 0 Å². The van der Waals surface area contributed by atoms with Crippen LogP contribution in [0.4, 0.5) is 13.2 Å². The molecule has 0 radical (unpaired) electrons. The first kappa shape index (κ1) is 14.0. The highest BCUT2D eigenvalue weighted by Gasteiger charge is 2.31. The maximum Gasteiger partial charge on any atom is 0.390 e. The molecule has 0 fully saturated rings. The second-order valence-corrected chi connectivity index (χ2v) is 5.42. The number of alkyl halides is 3. The van der Waals surface area contributed by atoms with Gasteiger partial charge in [0.15, 0.2) is 0 Å². The molecule has 1 N–H and O–H groups in total. The molecule has 1 unspecified atom stereocenters. The topological polar surface area (TPSA) is 12.0 Å². The molecule has 16 heavy (non-hydrogen) atoms. The summed E-state index contributed by atoms with van der Waals surface area (Å²) in [6, 6.07) is 1.33. The summed E-state index contributed by atoms with van der Waals surface area (Å²) >= 11 is 4.77. The Morgan fingerprint density at radius 3 is 2.62 bits per heavy atom. The van der Waals surface area contributed by atoms with Crippen molar-refractivity contribution in [3.63, 3.8) is 0 Å². The zero-order valence-corrected chi connectivity index (χ0v) is 11.2. The molecule has 0 aliphatic rings. The molecule has 0 spiro atoms. The zero-order chi connectivity index (χ0) is 12.2. The van der Waals surface area contributed by atoms with Crippen molar-refractivity contribution in [3.8, 4) is 0 Å². The van der Waals surface area contributed by atoms with Gasteiger partial charge in [0.25, 0.3) is 0 Å². The van der Waals surface area contributed by atoms with E-state index in [0.717, 1.165) is 9.35 Å². The second-order valence-electron chi connectivity index (χ2n) is 3.51. The second kappa shape index (κ2) is 6.02. The summed E-state index contributed by atoms with van der Waals surface area (Å²) in [4.78, 5) is 0.960. The molecule has 0 aromatic carbocycles. The fourth-order valence-corrected chi connectivity index (χ4v) is 3.02. The molecule has 1 aromatic heterocycles. The van der Waals surface area contributed by atoms with Crippen molar-refractivity contribution in [2.24, 2.45) is 0 Å². The Balaban J connectivity index is 2.57. The lowest BCUT2D eigenvalue weighted by atomic mass is 10.1. The van der Waals surface area contributed by atoms with Crippen molar-refractivity contribution in [1.82, 2.24) is 5.32 Å². The Bertz CT molecular complexity index is 324. The molecule has 0 saturated heterocycles. The van der Waals surface area contributed by atoms with Gasteiger partial charge in [-0.3, -0.25) is 0 Å². The lowest BCUT2D eigenvalue weighted by Gasteiger charge is -2.18. The summed E-state index contributed by atoms with van der Waals surface area (Å²) in [5, 5.41) is 4.75. The predicted molar refractivity (Wildman–Crippen MR) is 63.9 cm³/mol. The molecular weight excluding hydrogens is 303 g/mol. The van der Waals surface area contributed by atoms with E-state index in [4.69, 9.17) is 0 Å². The maximum absolute atomic E-state index is 12.3. The number of thiophene rings is 1. The summed E-state index contributed by atoms with van der Waals surface area (Å²) in [5.74, 6) is 0. The van der Waals surface area contributed by atoms with Crippen LogP contribution in [0.2, 0.25) is 0 Å². The number of nitrogens with one attached hydrogen (secondary N) is 1. The monoisotopic (exact) mass is 315 g/mol. The van der Waals surface area contributed by atoms with Crippen LogP contribution < -0.4 is 5.32 Å². The fraction of sp³-hybridized carbons (Fsp3) is 0.600. The van der Waals surface area contributed by atoms with Gasteiger partial charge < -0.3 is 5.32 Å². The summed E-state index contributed by atoms with van der Waals surface area (Å²) in [6.45, 7) is 2.36. The maximum atomic E-state index is 12.3. The Morgan fingerprint density at radius 2 is 2.19 bits per heavy atom. The van der Waals surface area contributed by atoms with Crippen molar-refractivity contribution in [3.05, 3.63) is 20.8 Å². The average molecular weight is 316 g/mol. The minimum absolute atomic E-state index is 0.420. The Labute approximate surface area is 105 Å². The SMILES string of the molecule is CCNC(Cc1cc(Br)cs1)CC(F)(F)F. The average Bonchev–Trinajstić information content (AvgIpc) is 2.48. The van der Waals surface area contributed by atoms with Crippen LogP contribution in [0.3, 0.4) is 0 Å². The van der Waals surface area contributed by atoms with Gasteiger partial charge in [-0.05, 0) is 35.0 Å². The summed E-state index contributed by atoms with van der Waals surface area (Å²) < 4.78 is 37.8. The molecule has 0 saturated carbocycles. The van der Waals surface area contributed by atoms with E-state index in [1.165, 1.54) is 11.3 Å². The van der Waals surface area contributed by atoms with E-state index in [-0.39, 0.29) is 0 Å². The van der Waals surface area contributed by atoms with Gasteiger partial charge in [-0.2, -0.15) is 13.2 Å². The highest BCUT2D eigenvalue weighted by molar-refractivity contribution is 9.10. The normalized spacial score (nSPS) is 14.1. The predicted octanol–water partition coefficient (Wildman–Crippen LogP) is 3.98. The summed E-state index contributed by atoms with van der Waals surface area (Å²) in [6.07, 6.45) is -4.47. The van der Waals surface area contributed by atoms with Crippen LogP contribution in [-0.4, -0.2) is 18.8 Å². The van der Waals surface area contributed by atoms with Gasteiger partial charge >= 0.3 is 6.18 Å². The van der Waals surface area contributed by atoms with E-state index < -0.39 is 18.6 Å². The Hall–Kier alpha value is -0.0700. The van der Waals surface area contributed by atoms with Gasteiger partial charge in [-0.1, -0.05) is 6.92 Å². The molecular formula is C10H13BrF3NS. The number of hydrogen-bond acceptors (Lipinski definition) is 2. The van der Waals surface area contributed by atoms with Crippen LogP contribution in [-0.2, 0) is 6.42 Å². The highest BCUT2D eigenvalue weighted by Crippen LogP contribution is 2.26. The van der Waals surface area contributed by atoms with Crippen molar-refractivity contribution in [2.45, 2.75) is 32.0 Å². The van der Waals surface area contributed by atoms with E-state index in [9.17, 15) is 13.2 Å². The van der Waals surface area contributed by atoms with Crippen molar-refractivity contribution < 1.29 is 13.2 Å². The Kier molecular flexibility index (Phi) is 5.27. The molecule has 0 aliphatic carbocycles. The number of likely N-dealkylation sites (N-methyl/N-ethyl adjacent to an activating group) is 1. The molecule has 1 atom stereocenters. The van der Waals surface area contributed by atoms with Crippen LogP contribution in [0.15, 0.2) is 15.9 Å². The quantitative estimate of drug-likeness (QED) is 0.866. The van der Waals surface area contributed by atoms with Crippen molar-refractivity contribution >= 4 is 27.3 Å². The molecule has 6 heteroatoms. The standard InChI is InChI=1S/C10H13BrF3NS/c1-2-15-8(5-10(12,13)14)4-9-3-7(11)6-16-9/h3,6,8,15H,2,4-5H2,1H3. The van der Waals surface area contributed by atoms with Crippen LogP contribution in [0.5, 0.6) is 0 Å². The van der Waals surface area contributed by atoms with Crippen LogP contribution >= 0.6 is 27.3 Å². The molecule has 1 rings (SSSR count). The summed E-state index contributed by atoms with van der Waals surface area (Å²) in [7, 11) is 0. The first-order valence-corrected chi connectivity index (χ1v) is 6.61. The van der Waals surface area contributed by atoms with Crippen molar-refractivity contribution in [1.29, 1.82) is 0 Å². The highest BCUT2D eigenvalue weighted by atomic mass is 79.9. The molecule has 0 aliphatic heterocycles. The van der Waals surface area contributed by atoms with Crippen LogP contribution in [0, 0.1) is 0 Å². The third-order valence-electron chi connectivity index (χ3n) is 2.04. The lowest BCUT2D eigenvalue weighted by Crippen LogP contribution is -2.35. The smallest absolute Gasteiger partial charge is 0.314 e. The molecule has 0 bridgehead atoms. The largest absolute Gasteiger partial charge is 0.390 e. The third-order valence-corrected chi connectivity index (χ3v) is 3.76. The van der Waals surface area contributed by atoms with Crippen LogP contribution in [0.1, 0.15) is 18.2 Å². The van der Waals surface area contributed by atoms with Gasteiger partial charge in [-0.25, -0.2) is 0 Å². The van der Waals surface area contributed by atoms with E-state index in [1.807, 2.05) is 18.4 Å². The van der Waals surface area contributed by atoms with Crippen molar-refractivity contribution in [2.75, 3.05) is 6.54 Å². The zero-order valence-electron chi connectivity index (χ0n) is 8.77. The minimum atomic E-state index is -4.11. The molecule has 0 amide bonds. The van der Waals surface area contributed by atoms with E-state index in [2.05, 4.69) is 21.2 Å². The molecule has 92 valence electrons. The third kappa shape index (κ3) is 5.32. The van der Waals surface area contributed by atoms with Gasteiger partial charge in [0, 0.05) is 20.8 Å². The molecule has 1 aromatic rings. The lowest BCUT2D eigenvalue weighted by molar-refractivity contribution is -0.139. The number of rotatable bonds is 5. The molecule has 1 nitrogen and oxygen atoms in total. The van der Waals surface area contributed by atoms with Gasteiger partial charge in [0.2, 0.25) is 0 Å². The number of halogens is 4. The molecule has 1 heterocycles. The summed E-state index contributed by atoms with van der Waals surface area (Å²) in [5.41, 5.74) is 0. The minimum Gasteiger partial charge on any atom is -0.314 e. The fourth-order valence-electron chi connectivity index (χ4n) is 1.49. The van der Waals surface area contributed by atoms with E-state index in [0.29, 0.717) is 13.0 Å². The van der Waals surface area contributed by atoms with Gasteiger partial charge in [0.05, 0.1) is 6.42 Å². The Morgan fingerprint density at radius 1 is 1.50 bits per heavy atom. The first-order chi connectivity index (χ1) is 7.40. The van der Waals surface area contributed by atoms with Crippen LogP contribution in [0.25, 0.3) is 0 Å². The van der Waals surface area contributed by atoms with Gasteiger partial charge in [-0.15, -0.1) is 11.3 Å².